The Hall–Kier alpha value is -3.51. The van der Waals surface area contributed by atoms with Crippen molar-refractivity contribution in [2.75, 3.05) is 27.3 Å². The summed E-state index contributed by atoms with van der Waals surface area (Å²) < 4.78 is 11.3. The Morgan fingerprint density at radius 3 is 1.87 bits per heavy atom. The van der Waals surface area contributed by atoms with Gasteiger partial charge in [-0.05, 0) is 91.4 Å². The van der Waals surface area contributed by atoms with E-state index < -0.39 is 0 Å². The maximum Gasteiger partial charge on any atom is 0.216 e. The van der Waals surface area contributed by atoms with Gasteiger partial charge in [-0.2, -0.15) is 0 Å². The summed E-state index contributed by atoms with van der Waals surface area (Å²) in [6.07, 6.45) is 7.13. The van der Waals surface area contributed by atoms with Gasteiger partial charge < -0.3 is 14.8 Å². The van der Waals surface area contributed by atoms with E-state index in [1.165, 1.54) is 27.8 Å². The lowest BCUT2D eigenvalue weighted by Crippen LogP contribution is -2.40. The first-order chi connectivity index (χ1) is 22.0. The van der Waals surface area contributed by atoms with Crippen LogP contribution >= 0.6 is 24.8 Å². The van der Waals surface area contributed by atoms with Crippen LogP contribution in [-0.4, -0.2) is 44.2 Å². The van der Waals surface area contributed by atoms with Gasteiger partial charge >= 0.3 is 0 Å². The number of carbonyl (C=O) groups excluding carboxylic acids is 1. The van der Waals surface area contributed by atoms with Crippen molar-refractivity contribution in [1.82, 2.24) is 10.2 Å². The van der Waals surface area contributed by atoms with Gasteiger partial charge in [-0.25, -0.2) is 0 Å². The molecular formula is C40H50Cl2N2O3. The minimum Gasteiger partial charge on any atom is -0.493 e. The van der Waals surface area contributed by atoms with Crippen LogP contribution in [0.2, 0.25) is 0 Å². The first-order valence-electron chi connectivity index (χ1n) is 16.4. The summed E-state index contributed by atoms with van der Waals surface area (Å²) in [6.45, 7) is 4.22. The van der Waals surface area contributed by atoms with Crippen LogP contribution in [0, 0.1) is 0 Å². The number of hydrogen-bond donors (Lipinski definition) is 1. The number of fused-ring (bicyclic) bond motifs is 1. The number of halogens is 2. The molecule has 4 aromatic rings. The lowest BCUT2D eigenvalue weighted by atomic mass is 9.68. The molecular weight excluding hydrogens is 627 g/mol. The van der Waals surface area contributed by atoms with Crippen LogP contribution in [0.4, 0.5) is 0 Å². The number of methoxy groups -OCH3 is 2. The molecule has 0 saturated heterocycles. The monoisotopic (exact) mass is 676 g/mol. The van der Waals surface area contributed by atoms with Crippen molar-refractivity contribution >= 4 is 30.7 Å². The molecule has 0 spiro atoms. The molecule has 0 heterocycles. The predicted octanol–water partition coefficient (Wildman–Crippen LogP) is 8.59. The molecule has 0 radical (unpaired) electrons. The molecule has 1 aliphatic rings. The predicted molar refractivity (Wildman–Crippen MR) is 198 cm³/mol. The van der Waals surface area contributed by atoms with Crippen LogP contribution in [0.15, 0.2) is 103 Å². The van der Waals surface area contributed by atoms with Gasteiger partial charge in [0, 0.05) is 31.5 Å². The lowest BCUT2D eigenvalue weighted by molar-refractivity contribution is -0.118. The Morgan fingerprint density at radius 1 is 0.787 bits per heavy atom. The van der Waals surface area contributed by atoms with Crippen molar-refractivity contribution in [1.29, 1.82) is 0 Å². The number of amides is 1. The zero-order chi connectivity index (χ0) is 31.5. The van der Waals surface area contributed by atoms with E-state index in [1.54, 1.807) is 21.1 Å². The summed E-state index contributed by atoms with van der Waals surface area (Å²) in [5.41, 5.74) is 6.64. The molecule has 5 rings (SSSR count). The van der Waals surface area contributed by atoms with Crippen molar-refractivity contribution < 1.29 is 14.3 Å². The molecule has 4 aromatic carbocycles. The topological polar surface area (TPSA) is 50.8 Å². The lowest BCUT2D eigenvalue weighted by Gasteiger charge is -2.39. The molecule has 0 aromatic heterocycles. The van der Waals surface area contributed by atoms with Gasteiger partial charge in [0.05, 0.1) is 14.2 Å². The highest BCUT2D eigenvalue weighted by Crippen LogP contribution is 2.41. The molecule has 7 heteroatoms. The molecule has 1 aliphatic carbocycles. The fraction of sp³-hybridized carbons (Fsp3) is 0.375. The Morgan fingerprint density at radius 2 is 1.32 bits per heavy atom. The third-order valence-corrected chi connectivity index (χ3v) is 9.51. The van der Waals surface area contributed by atoms with E-state index in [2.05, 4.69) is 113 Å². The quantitative estimate of drug-likeness (QED) is 0.128. The Bertz CT molecular complexity index is 1460. The van der Waals surface area contributed by atoms with E-state index in [9.17, 15) is 4.79 Å². The first-order valence-corrected chi connectivity index (χ1v) is 16.4. The third-order valence-electron chi connectivity index (χ3n) is 9.51. The second-order valence-electron chi connectivity index (χ2n) is 12.3. The summed E-state index contributed by atoms with van der Waals surface area (Å²) in [7, 11) is 3.43. The molecule has 5 nitrogen and oxygen atoms in total. The van der Waals surface area contributed by atoms with E-state index in [4.69, 9.17) is 9.47 Å². The number of ether oxygens (including phenoxy) is 2. The minimum absolute atomic E-state index is 0. The van der Waals surface area contributed by atoms with Gasteiger partial charge in [0.2, 0.25) is 5.91 Å². The molecule has 47 heavy (non-hydrogen) atoms. The number of aryl methyl sites for hydroxylation is 1. The average molecular weight is 678 g/mol. The van der Waals surface area contributed by atoms with Crippen LogP contribution in [0.1, 0.15) is 66.8 Å². The van der Waals surface area contributed by atoms with Gasteiger partial charge in [-0.3, -0.25) is 9.69 Å². The van der Waals surface area contributed by atoms with E-state index in [0.717, 1.165) is 69.5 Å². The van der Waals surface area contributed by atoms with E-state index in [-0.39, 0.29) is 36.1 Å². The van der Waals surface area contributed by atoms with Crippen LogP contribution in [0.3, 0.4) is 0 Å². The highest BCUT2D eigenvalue weighted by atomic mass is 35.5. The molecule has 1 atom stereocenters. The van der Waals surface area contributed by atoms with Gasteiger partial charge in [0.15, 0.2) is 11.5 Å². The summed E-state index contributed by atoms with van der Waals surface area (Å²) in [6, 6.07) is 37.7. The van der Waals surface area contributed by atoms with E-state index >= 15 is 0 Å². The summed E-state index contributed by atoms with van der Waals surface area (Å²) >= 11 is 0. The Labute approximate surface area is 293 Å². The summed E-state index contributed by atoms with van der Waals surface area (Å²) in [5.74, 6) is 1.65. The molecule has 0 bridgehead atoms. The van der Waals surface area contributed by atoms with Crippen molar-refractivity contribution in [2.45, 2.75) is 69.9 Å². The second kappa shape index (κ2) is 18.7. The van der Waals surface area contributed by atoms with Gasteiger partial charge in [0.25, 0.3) is 0 Å². The molecule has 1 N–H and O–H groups in total. The highest BCUT2D eigenvalue weighted by molar-refractivity contribution is 5.85. The van der Waals surface area contributed by atoms with Crippen LogP contribution < -0.4 is 14.8 Å². The molecule has 252 valence electrons. The Balaban J connectivity index is 0.00000300. The minimum atomic E-state index is -0.136. The van der Waals surface area contributed by atoms with Gasteiger partial charge in [0.1, 0.15) is 0 Å². The fourth-order valence-electron chi connectivity index (χ4n) is 7.21. The van der Waals surface area contributed by atoms with Gasteiger partial charge in [-0.15, -0.1) is 24.8 Å². The smallest absolute Gasteiger partial charge is 0.216 e. The third kappa shape index (κ3) is 9.76. The van der Waals surface area contributed by atoms with Crippen LogP contribution in [0.5, 0.6) is 11.5 Å². The fourth-order valence-corrected chi connectivity index (χ4v) is 7.21. The maximum atomic E-state index is 11.7. The van der Waals surface area contributed by atoms with Gasteiger partial charge in [-0.1, -0.05) is 91.0 Å². The number of rotatable bonds is 15. The molecule has 0 aliphatic heterocycles. The highest BCUT2D eigenvalue weighted by Gasteiger charge is 2.34. The SMILES string of the molecule is COc1cc2c(cc1OC)CC(N(CCCC(CCCNC(C)=O)(c1ccccc1)c1ccccc1)Cc1ccccc1)CC2.Cl.Cl. The number of hydrogen-bond acceptors (Lipinski definition) is 4. The zero-order valence-corrected chi connectivity index (χ0v) is 29.6. The van der Waals surface area contributed by atoms with Crippen molar-refractivity contribution in [3.8, 4) is 11.5 Å². The summed E-state index contributed by atoms with van der Waals surface area (Å²) in [5, 5.41) is 3.03. The number of nitrogens with zero attached hydrogens (tertiary/aromatic N) is 1. The maximum absolute atomic E-state index is 11.7. The van der Waals surface area contributed by atoms with Crippen LogP contribution in [-0.2, 0) is 29.6 Å². The average Bonchev–Trinajstić information content (AvgIpc) is 3.09. The first kappa shape index (κ1) is 37.9. The standard InChI is InChI=1S/C40H48N2O3.2ClH/c1-31(43)41-25-13-23-40(35-17-9-5-10-18-35,36-19-11-6-12-20-36)24-14-26-42(30-32-15-7-4-8-16-32)37-22-21-33-28-38(44-2)39(45-3)29-34(33)27-37;;/h4-12,15-20,28-29,37H,13-14,21-27,30H2,1-3H3,(H,41,43);2*1H. The van der Waals surface area contributed by atoms with Crippen molar-refractivity contribution in [3.05, 3.63) is 131 Å². The van der Waals surface area contributed by atoms with Crippen molar-refractivity contribution in [2.24, 2.45) is 0 Å². The number of carbonyl (C=O) groups is 1. The summed E-state index contributed by atoms with van der Waals surface area (Å²) in [4.78, 5) is 14.4. The number of nitrogens with one attached hydrogen (secondary N) is 1. The largest absolute Gasteiger partial charge is 0.493 e. The number of benzene rings is 4. The molecule has 1 unspecified atom stereocenters. The second-order valence-corrected chi connectivity index (χ2v) is 12.3. The van der Waals surface area contributed by atoms with E-state index in [0.29, 0.717) is 12.6 Å². The Kier molecular flexibility index (Phi) is 15.1. The van der Waals surface area contributed by atoms with Crippen LogP contribution in [0.25, 0.3) is 0 Å². The molecule has 0 saturated carbocycles. The molecule has 0 fully saturated rings. The zero-order valence-electron chi connectivity index (χ0n) is 28.0. The normalized spacial score (nSPS) is 13.9. The molecule has 1 amide bonds. The van der Waals surface area contributed by atoms with Crippen molar-refractivity contribution in [3.63, 3.8) is 0 Å². The van der Waals surface area contributed by atoms with E-state index in [1.807, 2.05) is 0 Å².